The first-order chi connectivity index (χ1) is 9.60. The lowest BCUT2D eigenvalue weighted by Gasteiger charge is -2.07. The van der Waals surface area contributed by atoms with E-state index < -0.39 is 0 Å². The monoisotopic (exact) mass is 272 g/mol. The van der Waals surface area contributed by atoms with Gasteiger partial charge in [-0.2, -0.15) is 0 Å². The van der Waals surface area contributed by atoms with E-state index in [4.69, 9.17) is 0 Å². The molecule has 0 aliphatic carbocycles. The Morgan fingerprint density at radius 3 is 2.05 bits per heavy atom. The van der Waals surface area contributed by atoms with E-state index in [1.165, 1.54) is 12.1 Å². The minimum absolute atomic E-state index is 0.102. The fourth-order valence-electron chi connectivity index (χ4n) is 2.03. The molecule has 2 N–H and O–H groups in total. The Balaban J connectivity index is 2.23. The zero-order valence-corrected chi connectivity index (χ0v) is 11.3. The van der Waals surface area contributed by atoms with Gasteiger partial charge in [-0.3, -0.25) is 0 Å². The largest absolute Gasteiger partial charge is 0.508 e. The number of hydrogen-bond acceptors (Lipinski definition) is 2. The number of benzene rings is 2. The summed E-state index contributed by atoms with van der Waals surface area (Å²) in [5, 5.41) is 19.8. The molecule has 0 aliphatic heterocycles. The second-order valence-corrected chi connectivity index (χ2v) is 4.67. The molecule has 2 aromatic carbocycles. The van der Waals surface area contributed by atoms with E-state index in [1.807, 2.05) is 6.92 Å². The van der Waals surface area contributed by atoms with Crippen molar-refractivity contribution in [3.63, 3.8) is 0 Å². The molecule has 0 spiro atoms. The Labute approximate surface area is 117 Å². The van der Waals surface area contributed by atoms with Gasteiger partial charge < -0.3 is 10.2 Å². The molecule has 104 valence electrons. The molecule has 0 amide bonds. The van der Waals surface area contributed by atoms with Gasteiger partial charge in [0, 0.05) is 5.56 Å². The van der Waals surface area contributed by atoms with Gasteiger partial charge in [0.1, 0.15) is 17.3 Å². The Hall–Kier alpha value is -2.29. The molecular formula is C17H17FO2. The van der Waals surface area contributed by atoms with Gasteiger partial charge in [0.2, 0.25) is 0 Å². The molecule has 0 saturated carbocycles. The summed E-state index contributed by atoms with van der Waals surface area (Å²) in [6, 6.07) is 9.33. The zero-order valence-electron chi connectivity index (χ0n) is 11.3. The van der Waals surface area contributed by atoms with E-state index in [1.54, 1.807) is 36.4 Å². The fraction of sp³-hybridized carbons (Fsp3) is 0.176. The van der Waals surface area contributed by atoms with Gasteiger partial charge in [-0.25, -0.2) is 4.39 Å². The van der Waals surface area contributed by atoms with Crippen LogP contribution in [0.5, 0.6) is 11.5 Å². The van der Waals surface area contributed by atoms with Crippen molar-refractivity contribution in [2.24, 2.45) is 0 Å². The Bertz CT molecular complexity index is 592. The maximum atomic E-state index is 12.8. The SMILES string of the molecule is CCCc1c(O)cc(/C=C\c2ccc(F)cc2)cc1O. The van der Waals surface area contributed by atoms with E-state index in [9.17, 15) is 14.6 Å². The number of aromatic hydroxyl groups is 2. The fourth-order valence-corrected chi connectivity index (χ4v) is 2.03. The molecule has 2 rings (SSSR count). The van der Waals surface area contributed by atoms with E-state index in [0.29, 0.717) is 17.5 Å². The molecule has 20 heavy (non-hydrogen) atoms. The summed E-state index contributed by atoms with van der Waals surface area (Å²) in [6.07, 6.45) is 5.06. The van der Waals surface area contributed by atoms with Crippen LogP contribution in [0.2, 0.25) is 0 Å². The highest BCUT2D eigenvalue weighted by Gasteiger charge is 2.07. The minimum Gasteiger partial charge on any atom is -0.508 e. The predicted octanol–water partition coefficient (Wildman–Crippen LogP) is 4.36. The second kappa shape index (κ2) is 6.24. The highest BCUT2D eigenvalue weighted by atomic mass is 19.1. The molecular weight excluding hydrogens is 255 g/mol. The number of phenols is 2. The van der Waals surface area contributed by atoms with E-state index in [2.05, 4.69) is 0 Å². The van der Waals surface area contributed by atoms with Crippen molar-refractivity contribution in [2.45, 2.75) is 19.8 Å². The van der Waals surface area contributed by atoms with Crippen LogP contribution in [0.25, 0.3) is 12.2 Å². The normalized spacial score (nSPS) is 11.1. The van der Waals surface area contributed by atoms with Crippen LogP contribution in [-0.4, -0.2) is 10.2 Å². The molecule has 0 aliphatic rings. The molecule has 3 heteroatoms. The lowest BCUT2D eigenvalue weighted by Crippen LogP contribution is -1.87. The number of phenolic OH excluding ortho intramolecular Hbond substituents is 2. The first-order valence-corrected chi connectivity index (χ1v) is 6.58. The zero-order chi connectivity index (χ0) is 14.5. The molecule has 2 aromatic rings. The van der Waals surface area contributed by atoms with Gasteiger partial charge in [-0.15, -0.1) is 0 Å². The van der Waals surface area contributed by atoms with E-state index in [-0.39, 0.29) is 17.3 Å². The molecule has 0 atom stereocenters. The summed E-state index contributed by atoms with van der Waals surface area (Å²) in [7, 11) is 0. The molecule has 2 nitrogen and oxygen atoms in total. The van der Waals surface area contributed by atoms with Crippen molar-refractivity contribution in [1.29, 1.82) is 0 Å². The van der Waals surface area contributed by atoms with Crippen molar-refractivity contribution in [1.82, 2.24) is 0 Å². The standard InChI is InChI=1S/C17H17FO2/c1-2-3-15-16(19)10-13(11-17(15)20)5-4-12-6-8-14(18)9-7-12/h4-11,19-20H,2-3H2,1H3/b5-4-. The van der Waals surface area contributed by atoms with Gasteiger partial charge in [0.25, 0.3) is 0 Å². The van der Waals surface area contributed by atoms with Crippen molar-refractivity contribution in [3.8, 4) is 11.5 Å². The quantitative estimate of drug-likeness (QED) is 0.812. The van der Waals surface area contributed by atoms with Crippen LogP contribution in [-0.2, 0) is 6.42 Å². The number of halogens is 1. The molecule has 0 fully saturated rings. The third-order valence-electron chi connectivity index (χ3n) is 3.06. The summed E-state index contributed by atoms with van der Waals surface area (Å²) >= 11 is 0. The summed E-state index contributed by atoms with van der Waals surface area (Å²) in [5.41, 5.74) is 2.12. The van der Waals surface area contributed by atoms with Crippen LogP contribution >= 0.6 is 0 Å². The van der Waals surface area contributed by atoms with Crippen molar-refractivity contribution in [2.75, 3.05) is 0 Å². The lowest BCUT2D eigenvalue weighted by molar-refractivity contribution is 0.437. The van der Waals surface area contributed by atoms with Gasteiger partial charge in [-0.05, 0) is 41.8 Å². The Morgan fingerprint density at radius 2 is 1.50 bits per heavy atom. The molecule has 0 radical (unpaired) electrons. The number of hydrogen-bond donors (Lipinski definition) is 2. The first kappa shape index (κ1) is 14.1. The smallest absolute Gasteiger partial charge is 0.123 e. The summed E-state index contributed by atoms with van der Waals surface area (Å²) in [6.45, 7) is 1.99. The molecule has 0 bridgehead atoms. The predicted molar refractivity (Wildman–Crippen MR) is 79.1 cm³/mol. The number of rotatable bonds is 4. The molecule has 0 unspecified atom stereocenters. The first-order valence-electron chi connectivity index (χ1n) is 6.58. The summed E-state index contributed by atoms with van der Waals surface area (Å²) < 4.78 is 12.8. The average molecular weight is 272 g/mol. The van der Waals surface area contributed by atoms with Gasteiger partial charge in [-0.1, -0.05) is 37.6 Å². The maximum Gasteiger partial charge on any atom is 0.123 e. The van der Waals surface area contributed by atoms with Crippen LogP contribution < -0.4 is 0 Å². The molecule has 0 aromatic heterocycles. The average Bonchev–Trinajstić information content (AvgIpc) is 2.42. The van der Waals surface area contributed by atoms with Crippen LogP contribution in [0.3, 0.4) is 0 Å². The van der Waals surface area contributed by atoms with Crippen molar-refractivity contribution < 1.29 is 14.6 Å². The van der Waals surface area contributed by atoms with Gasteiger partial charge >= 0.3 is 0 Å². The van der Waals surface area contributed by atoms with Gasteiger partial charge in [0.15, 0.2) is 0 Å². The summed E-state index contributed by atoms with van der Waals surface area (Å²) in [5.74, 6) is -0.0717. The molecule has 0 saturated heterocycles. The topological polar surface area (TPSA) is 40.5 Å². The van der Waals surface area contributed by atoms with Gasteiger partial charge in [0.05, 0.1) is 0 Å². The van der Waals surface area contributed by atoms with Crippen LogP contribution in [0.4, 0.5) is 4.39 Å². The van der Waals surface area contributed by atoms with E-state index in [0.717, 1.165) is 12.0 Å². The maximum absolute atomic E-state index is 12.8. The second-order valence-electron chi connectivity index (χ2n) is 4.67. The van der Waals surface area contributed by atoms with Crippen LogP contribution in [0.15, 0.2) is 36.4 Å². The van der Waals surface area contributed by atoms with Crippen LogP contribution in [0, 0.1) is 5.82 Å². The van der Waals surface area contributed by atoms with Crippen molar-refractivity contribution >= 4 is 12.2 Å². The van der Waals surface area contributed by atoms with Crippen LogP contribution in [0.1, 0.15) is 30.0 Å². The Morgan fingerprint density at radius 1 is 0.950 bits per heavy atom. The Kier molecular flexibility index (Phi) is 4.41. The van der Waals surface area contributed by atoms with Crippen molar-refractivity contribution in [3.05, 3.63) is 58.9 Å². The third kappa shape index (κ3) is 3.38. The van der Waals surface area contributed by atoms with E-state index >= 15 is 0 Å². The molecule has 0 heterocycles. The highest BCUT2D eigenvalue weighted by molar-refractivity contribution is 5.71. The minimum atomic E-state index is -0.277. The lowest BCUT2D eigenvalue weighted by atomic mass is 10.0. The highest BCUT2D eigenvalue weighted by Crippen LogP contribution is 2.30. The summed E-state index contributed by atoms with van der Waals surface area (Å²) in [4.78, 5) is 0. The third-order valence-corrected chi connectivity index (χ3v) is 3.06.